The molecule has 10 heteroatoms. The van der Waals surface area contributed by atoms with Crippen LogP contribution in [0, 0.1) is 5.92 Å². The summed E-state index contributed by atoms with van der Waals surface area (Å²) in [4.78, 5) is 28.0. The molecule has 2 amide bonds. The number of morpholine rings is 1. The second-order valence-corrected chi connectivity index (χ2v) is 9.25. The number of ether oxygens (including phenoxy) is 1. The molecule has 2 aromatic carbocycles. The first kappa shape index (κ1) is 25.8. The molecule has 1 saturated carbocycles. The molecule has 0 radical (unpaired) electrons. The van der Waals surface area contributed by atoms with E-state index in [-0.39, 0.29) is 35.9 Å². The van der Waals surface area contributed by atoms with Crippen LogP contribution in [0.1, 0.15) is 36.3 Å². The van der Waals surface area contributed by atoms with Crippen LogP contribution in [-0.4, -0.2) is 60.7 Å². The Hall–Kier alpha value is -3.27. The first-order valence-corrected chi connectivity index (χ1v) is 12.1. The molecule has 2 fully saturated rings. The van der Waals surface area contributed by atoms with Gasteiger partial charge in [-0.15, -0.1) is 0 Å². The Kier molecular flexibility index (Phi) is 8.03. The van der Waals surface area contributed by atoms with Gasteiger partial charge in [-0.2, -0.15) is 13.2 Å². The molecule has 1 aliphatic heterocycles. The predicted octanol–water partition coefficient (Wildman–Crippen LogP) is 3.75. The average Bonchev–Trinajstić information content (AvgIpc) is 3.71. The Morgan fingerprint density at radius 1 is 1.03 bits per heavy atom. The van der Waals surface area contributed by atoms with E-state index in [0.717, 1.165) is 30.7 Å². The van der Waals surface area contributed by atoms with Crippen LogP contribution in [0.25, 0.3) is 0 Å². The molecule has 194 valence electrons. The summed E-state index contributed by atoms with van der Waals surface area (Å²) < 4.78 is 44.5. The van der Waals surface area contributed by atoms with E-state index in [9.17, 15) is 27.9 Å². The summed E-state index contributed by atoms with van der Waals surface area (Å²) in [6, 6.07) is 10.8. The normalized spacial score (nSPS) is 17.8. The van der Waals surface area contributed by atoms with Crippen molar-refractivity contribution in [2.75, 3.05) is 38.2 Å². The van der Waals surface area contributed by atoms with Crippen molar-refractivity contribution in [1.82, 2.24) is 10.2 Å². The number of carbonyl (C=O) groups is 2. The van der Waals surface area contributed by atoms with Gasteiger partial charge in [0.15, 0.2) is 0 Å². The lowest BCUT2D eigenvalue weighted by Gasteiger charge is -2.29. The lowest BCUT2D eigenvalue weighted by Crippen LogP contribution is -2.45. The Balaban J connectivity index is 1.49. The van der Waals surface area contributed by atoms with Gasteiger partial charge in [0.1, 0.15) is 5.75 Å². The van der Waals surface area contributed by atoms with Gasteiger partial charge in [0.05, 0.1) is 24.7 Å². The topological polar surface area (TPSA) is 90.9 Å². The van der Waals surface area contributed by atoms with Crippen molar-refractivity contribution in [2.45, 2.75) is 37.4 Å². The molecule has 36 heavy (non-hydrogen) atoms. The van der Waals surface area contributed by atoms with Crippen molar-refractivity contribution in [3.05, 3.63) is 59.7 Å². The molecule has 2 atom stereocenters. The highest BCUT2D eigenvalue weighted by Crippen LogP contribution is 2.34. The SMILES string of the molecule is O=C(NC(CNc1ccc(O)cc1)C1CC1)[C@@H](CC(=O)N1CCOCC1)c1ccc(C(F)(F)F)cc1. The average molecular weight is 506 g/mol. The number of carbonyl (C=O) groups excluding carboxylic acids is 2. The van der Waals surface area contributed by atoms with Crippen molar-refractivity contribution < 1.29 is 32.6 Å². The third kappa shape index (κ3) is 6.90. The van der Waals surface area contributed by atoms with E-state index in [1.54, 1.807) is 29.2 Å². The number of amides is 2. The van der Waals surface area contributed by atoms with Gasteiger partial charge in [-0.25, -0.2) is 0 Å². The molecular formula is C26H30F3N3O4. The molecule has 0 spiro atoms. The van der Waals surface area contributed by atoms with E-state index in [0.29, 0.717) is 38.4 Å². The fraction of sp³-hybridized carbons (Fsp3) is 0.462. The van der Waals surface area contributed by atoms with E-state index in [1.807, 2.05) is 0 Å². The number of hydrogen-bond acceptors (Lipinski definition) is 5. The van der Waals surface area contributed by atoms with Crippen LogP contribution in [0.3, 0.4) is 0 Å². The number of nitrogens with one attached hydrogen (secondary N) is 2. The number of rotatable bonds is 9. The number of benzene rings is 2. The van der Waals surface area contributed by atoms with Gasteiger partial charge in [0.2, 0.25) is 11.8 Å². The lowest BCUT2D eigenvalue weighted by molar-refractivity contribution is -0.138. The monoisotopic (exact) mass is 505 g/mol. The molecule has 3 N–H and O–H groups in total. The highest BCUT2D eigenvalue weighted by molar-refractivity contribution is 5.90. The van der Waals surface area contributed by atoms with Crippen LogP contribution in [-0.2, 0) is 20.5 Å². The Bertz CT molecular complexity index is 1030. The number of hydrogen-bond donors (Lipinski definition) is 3. The quantitative estimate of drug-likeness (QED) is 0.452. The molecule has 1 heterocycles. The molecular weight excluding hydrogens is 475 g/mol. The summed E-state index contributed by atoms with van der Waals surface area (Å²) in [5.74, 6) is -1.11. The van der Waals surface area contributed by atoms with E-state index >= 15 is 0 Å². The summed E-state index contributed by atoms with van der Waals surface area (Å²) >= 11 is 0. The maximum atomic E-state index is 13.5. The molecule has 1 saturated heterocycles. The molecule has 0 aromatic heterocycles. The molecule has 1 unspecified atom stereocenters. The van der Waals surface area contributed by atoms with Gasteiger partial charge >= 0.3 is 6.18 Å². The number of nitrogens with zero attached hydrogens (tertiary/aromatic N) is 1. The molecule has 4 rings (SSSR count). The van der Waals surface area contributed by atoms with Crippen molar-refractivity contribution in [3.8, 4) is 5.75 Å². The van der Waals surface area contributed by atoms with E-state index in [1.165, 1.54) is 12.1 Å². The zero-order chi connectivity index (χ0) is 25.7. The lowest BCUT2D eigenvalue weighted by atomic mass is 9.92. The number of alkyl halides is 3. The molecule has 1 aliphatic carbocycles. The first-order chi connectivity index (χ1) is 17.2. The maximum absolute atomic E-state index is 13.5. The molecule has 2 aromatic rings. The first-order valence-electron chi connectivity index (χ1n) is 12.1. The number of halogens is 3. The Labute approximate surface area is 207 Å². The van der Waals surface area contributed by atoms with E-state index < -0.39 is 17.7 Å². The summed E-state index contributed by atoms with van der Waals surface area (Å²) in [7, 11) is 0. The number of aromatic hydroxyl groups is 1. The highest BCUT2D eigenvalue weighted by Gasteiger charge is 2.36. The maximum Gasteiger partial charge on any atom is 0.416 e. The number of phenols is 1. The highest BCUT2D eigenvalue weighted by atomic mass is 19.4. The minimum absolute atomic E-state index is 0.139. The standard InChI is InChI=1S/C26H30F3N3O4/c27-26(28,29)19-5-3-17(4-6-19)22(15-24(34)32-11-13-36-14-12-32)25(35)31-23(18-1-2-18)16-30-20-7-9-21(33)10-8-20/h3-10,18,22-23,30,33H,1-2,11-16H2,(H,31,35)/t22-,23?/m0/s1. The summed E-state index contributed by atoms with van der Waals surface area (Å²) in [6.07, 6.45) is -2.71. The Morgan fingerprint density at radius 2 is 1.67 bits per heavy atom. The van der Waals surface area contributed by atoms with Gasteiger partial charge < -0.3 is 25.4 Å². The van der Waals surface area contributed by atoms with Crippen molar-refractivity contribution in [1.29, 1.82) is 0 Å². The third-order valence-corrected chi connectivity index (χ3v) is 6.61. The summed E-state index contributed by atoms with van der Waals surface area (Å²) in [6.45, 7) is 2.10. The van der Waals surface area contributed by atoms with Gasteiger partial charge in [-0.1, -0.05) is 12.1 Å². The zero-order valence-electron chi connectivity index (χ0n) is 19.8. The predicted molar refractivity (Wildman–Crippen MR) is 127 cm³/mol. The number of phenolic OH excluding ortho intramolecular Hbond substituents is 1. The van der Waals surface area contributed by atoms with Crippen LogP contribution in [0.5, 0.6) is 5.75 Å². The van der Waals surface area contributed by atoms with Gasteiger partial charge in [-0.05, 0) is 60.7 Å². The smallest absolute Gasteiger partial charge is 0.416 e. The second kappa shape index (κ2) is 11.2. The summed E-state index contributed by atoms with van der Waals surface area (Å²) in [5.41, 5.74) is 0.344. The van der Waals surface area contributed by atoms with Crippen LogP contribution >= 0.6 is 0 Å². The van der Waals surface area contributed by atoms with Gasteiger partial charge in [0.25, 0.3) is 0 Å². The van der Waals surface area contributed by atoms with Crippen LogP contribution in [0.4, 0.5) is 18.9 Å². The van der Waals surface area contributed by atoms with Crippen molar-refractivity contribution >= 4 is 17.5 Å². The van der Waals surface area contributed by atoms with E-state index in [2.05, 4.69) is 10.6 Å². The van der Waals surface area contributed by atoms with Crippen LogP contribution in [0.15, 0.2) is 48.5 Å². The van der Waals surface area contributed by atoms with Crippen LogP contribution < -0.4 is 10.6 Å². The second-order valence-electron chi connectivity index (χ2n) is 9.25. The minimum Gasteiger partial charge on any atom is -0.508 e. The molecule has 0 bridgehead atoms. The molecule has 7 nitrogen and oxygen atoms in total. The Morgan fingerprint density at radius 3 is 2.25 bits per heavy atom. The van der Waals surface area contributed by atoms with E-state index in [4.69, 9.17) is 4.74 Å². The third-order valence-electron chi connectivity index (χ3n) is 6.61. The zero-order valence-corrected chi connectivity index (χ0v) is 19.8. The fourth-order valence-corrected chi connectivity index (χ4v) is 4.31. The van der Waals surface area contributed by atoms with Crippen LogP contribution in [0.2, 0.25) is 0 Å². The van der Waals surface area contributed by atoms with Gasteiger partial charge in [-0.3, -0.25) is 9.59 Å². The number of anilines is 1. The summed E-state index contributed by atoms with van der Waals surface area (Å²) in [5, 5.41) is 15.8. The molecule has 2 aliphatic rings. The minimum atomic E-state index is -4.49. The largest absolute Gasteiger partial charge is 0.508 e. The van der Waals surface area contributed by atoms with Crippen molar-refractivity contribution in [3.63, 3.8) is 0 Å². The van der Waals surface area contributed by atoms with Crippen molar-refractivity contribution in [2.24, 2.45) is 5.92 Å². The fourth-order valence-electron chi connectivity index (χ4n) is 4.31. The van der Waals surface area contributed by atoms with Gasteiger partial charge in [0, 0.05) is 37.8 Å².